The summed E-state index contributed by atoms with van der Waals surface area (Å²) in [5.41, 5.74) is 0. The third-order valence-electron chi connectivity index (χ3n) is 1.90. The normalized spacial score (nSPS) is 9.88. The average molecular weight is 219 g/mol. The van der Waals surface area contributed by atoms with Crippen molar-refractivity contribution in [2.24, 2.45) is 0 Å². The van der Waals surface area contributed by atoms with Gasteiger partial charge in [-0.3, -0.25) is 4.98 Å². The maximum absolute atomic E-state index is 12.7. The Hall–Kier alpha value is -2.17. The van der Waals surface area contributed by atoms with Crippen molar-refractivity contribution in [3.8, 4) is 11.6 Å². The van der Waals surface area contributed by atoms with Gasteiger partial charge in [0.25, 0.3) is 0 Å². The predicted molar refractivity (Wildman–Crippen MR) is 58.1 cm³/mol. The van der Waals surface area contributed by atoms with Crippen LogP contribution in [0.15, 0.2) is 36.7 Å². The summed E-state index contributed by atoms with van der Waals surface area (Å²) in [5.74, 6) is 1.18. The summed E-state index contributed by atoms with van der Waals surface area (Å²) in [6.45, 7) is 0. The van der Waals surface area contributed by atoms with Crippen molar-refractivity contribution in [1.29, 1.82) is 0 Å². The van der Waals surface area contributed by atoms with Gasteiger partial charge in [-0.25, -0.2) is 4.39 Å². The van der Waals surface area contributed by atoms with E-state index in [9.17, 15) is 4.39 Å². The molecule has 0 amide bonds. The topological polar surface area (TPSA) is 47.0 Å². The number of benzene rings is 1. The highest BCUT2D eigenvalue weighted by atomic mass is 19.1. The summed E-state index contributed by atoms with van der Waals surface area (Å²) in [4.78, 5) is 8.06. The zero-order valence-corrected chi connectivity index (χ0v) is 8.64. The zero-order valence-electron chi connectivity index (χ0n) is 8.64. The van der Waals surface area contributed by atoms with Crippen LogP contribution in [0.25, 0.3) is 0 Å². The first kappa shape index (κ1) is 10.4. The van der Waals surface area contributed by atoms with Crippen molar-refractivity contribution in [1.82, 2.24) is 9.97 Å². The van der Waals surface area contributed by atoms with Crippen LogP contribution in [0.2, 0.25) is 0 Å². The molecule has 0 unspecified atom stereocenters. The summed E-state index contributed by atoms with van der Waals surface area (Å²) in [7, 11) is 1.74. The van der Waals surface area contributed by atoms with Crippen LogP contribution in [0, 0.1) is 5.82 Å². The Bertz CT molecular complexity index is 473. The summed E-state index contributed by atoms with van der Waals surface area (Å²) >= 11 is 0. The van der Waals surface area contributed by atoms with Gasteiger partial charge in [0, 0.05) is 7.05 Å². The van der Waals surface area contributed by atoms with Gasteiger partial charge in [0.1, 0.15) is 17.4 Å². The van der Waals surface area contributed by atoms with Crippen molar-refractivity contribution in [3.05, 3.63) is 42.5 Å². The first-order chi connectivity index (χ1) is 7.78. The average Bonchev–Trinajstić information content (AvgIpc) is 2.32. The van der Waals surface area contributed by atoms with Gasteiger partial charge in [-0.2, -0.15) is 4.98 Å². The van der Waals surface area contributed by atoms with Gasteiger partial charge in [0.05, 0.1) is 12.4 Å². The van der Waals surface area contributed by atoms with E-state index in [0.29, 0.717) is 17.4 Å². The van der Waals surface area contributed by atoms with Gasteiger partial charge in [-0.05, 0) is 24.3 Å². The first-order valence-corrected chi connectivity index (χ1v) is 4.71. The van der Waals surface area contributed by atoms with Crippen molar-refractivity contribution >= 4 is 5.82 Å². The van der Waals surface area contributed by atoms with E-state index in [-0.39, 0.29) is 5.82 Å². The molecule has 0 aliphatic carbocycles. The SMILES string of the molecule is CNc1cncc(Oc2ccc(F)cc2)n1. The van der Waals surface area contributed by atoms with Gasteiger partial charge in [0.15, 0.2) is 0 Å². The monoisotopic (exact) mass is 219 g/mol. The summed E-state index contributed by atoms with van der Waals surface area (Å²) < 4.78 is 18.0. The molecule has 0 bridgehead atoms. The maximum atomic E-state index is 12.7. The second-order valence-corrected chi connectivity index (χ2v) is 3.05. The van der Waals surface area contributed by atoms with E-state index >= 15 is 0 Å². The second kappa shape index (κ2) is 4.57. The second-order valence-electron chi connectivity index (χ2n) is 3.05. The molecular formula is C11H10FN3O. The molecule has 0 fully saturated rings. The minimum Gasteiger partial charge on any atom is -0.437 e. The Morgan fingerprint density at radius 3 is 2.62 bits per heavy atom. The number of rotatable bonds is 3. The molecule has 0 spiro atoms. The molecule has 0 radical (unpaired) electrons. The van der Waals surface area contributed by atoms with Gasteiger partial charge < -0.3 is 10.1 Å². The fraction of sp³-hybridized carbons (Fsp3) is 0.0909. The molecule has 16 heavy (non-hydrogen) atoms. The van der Waals surface area contributed by atoms with E-state index in [1.165, 1.54) is 30.5 Å². The lowest BCUT2D eigenvalue weighted by Gasteiger charge is -2.05. The number of halogens is 1. The largest absolute Gasteiger partial charge is 0.437 e. The van der Waals surface area contributed by atoms with E-state index in [0.717, 1.165) is 0 Å². The molecule has 82 valence electrons. The van der Waals surface area contributed by atoms with E-state index in [2.05, 4.69) is 15.3 Å². The fourth-order valence-corrected chi connectivity index (χ4v) is 1.14. The van der Waals surface area contributed by atoms with E-state index in [1.807, 2.05) is 0 Å². The molecule has 5 heteroatoms. The van der Waals surface area contributed by atoms with Gasteiger partial charge in [-0.15, -0.1) is 0 Å². The molecule has 0 saturated carbocycles. The van der Waals surface area contributed by atoms with Crippen LogP contribution in [-0.2, 0) is 0 Å². The molecule has 1 aromatic carbocycles. The Morgan fingerprint density at radius 2 is 1.94 bits per heavy atom. The highest BCUT2D eigenvalue weighted by Gasteiger charge is 2.00. The standard InChI is InChI=1S/C11H10FN3O/c1-13-10-6-14-7-11(15-10)16-9-4-2-8(12)3-5-9/h2-7H,1H3,(H,13,15). The summed E-state index contributed by atoms with van der Waals surface area (Å²) in [5, 5.41) is 2.85. The quantitative estimate of drug-likeness (QED) is 0.861. The molecule has 1 N–H and O–H groups in total. The zero-order chi connectivity index (χ0) is 11.4. The van der Waals surface area contributed by atoms with Crippen LogP contribution in [0.1, 0.15) is 0 Å². The van der Waals surface area contributed by atoms with E-state index < -0.39 is 0 Å². The molecule has 2 rings (SSSR count). The molecule has 0 saturated heterocycles. The van der Waals surface area contributed by atoms with Gasteiger partial charge in [0.2, 0.25) is 5.88 Å². The van der Waals surface area contributed by atoms with Crippen LogP contribution in [0.4, 0.5) is 10.2 Å². The predicted octanol–water partition coefficient (Wildman–Crippen LogP) is 2.45. The van der Waals surface area contributed by atoms with Crippen molar-refractivity contribution in [2.45, 2.75) is 0 Å². The summed E-state index contributed by atoms with van der Waals surface area (Å²) in [6.07, 6.45) is 3.07. The lowest BCUT2D eigenvalue weighted by atomic mass is 10.3. The lowest BCUT2D eigenvalue weighted by molar-refractivity contribution is 0.459. The Balaban J connectivity index is 2.16. The van der Waals surface area contributed by atoms with Crippen LogP contribution in [0.5, 0.6) is 11.6 Å². The highest BCUT2D eigenvalue weighted by Crippen LogP contribution is 2.19. The van der Waals surface area contributed by atoms with Crippen molar-refractivity contribution < 1.29 is 9.13 Å². The molecule has 4 nitrogen and oxygen atoms in total. The number of nitrogens with one attached hydrogen (secondary N) is 1. The Labute approximate surface area is 92.1 Å². The lowest BCUT2D eigenvalue weighted by Crippen LogP contribution is -1.95. The minimum absolute atomic E-state index is 0.303. The van der Waals surface area contributed by atoms with Crippen LogP contribution in [-0.4, -0.2) is 17.0 Å². The first-order valence-electron chi connectivity index (χ1n) is 4.71. The van der Waals surface area contributed by atoms with Crippen molar-refractivity contribution in [3.63, 3.8) is 0 Å². The maximum Gasteiger partial charge on any atom is 0.239 e. The molecular weight excluding hydrogens is 209 g/mol. The van der Waals surface area contributed by atoms with Crippen molar-refractivity contribution in [2.75, 3.05) is 12.4 Å². The third kappa shape index (κ3) is 2.44. The fourth-order valence-electron chi connectivity index (χ4n) is 1.14. The number of ether oxygens (including phenoxy) is 1. The third-order valence-corrected chi connectivity index (χ3v) is 1.90. The molecule has 0 atom stereocenters. The molecule has 0 aliphatic heterocycles. The van der Waals surface area contributed by atoms with E-state index in [4.69, 9.17) is 4.74 Å². The van der Waals surface area contributed by atoms with Crippen LogP contribution < -0.4 is 10.1 Å². The summed E-state index contributed by atoms with van der Waals surface area (Å²) in [6, 6.07) is 5.71. The number of nitrogens with zero attached hydrogens (tertiary/aromatic N) is 2. The molecule has 0 aliphatic rings. The smallest absolute Gasteiger partial charge is 0.239 e. The van der Waals surface area contributed by atoms with Crippen LogP contribution >= 0.6 is 0 Å². The number of aromatic nitrogens is 2. The highest BCUT2D eigenvalue weighted by molar-refractivity contribution is 5.34. The van der Waals surface area contributed by atoms with Crippen LogP contribution in [0.3, 0.4) is 0 Å². The van der Waals surface area contributed by atoms with Gasteiger partial charge >= 0.3 is 0 Å². The molecule has 1 aromatic heterocycles. The molecule has 1 heterocycles. The Morgan fingerprint density at radius 1 is 1.19 bits per heavy atom. The number of hydrogen-bond donors (Lipinski definition) is 1. The van der Waals surface area contributed by atoms with Gasteiger partial charge in [-0.1, -0.05) is 0 Å². The molecule has 2 aromatic rings. The number of hydrogen-bond acceptors (Lipinski definition) is 4. The minimum atomic E-state index is -0.303. The Kier molecular flexibility index (Phi) is 2.95. The van der Waals surface area contributed by atoms with E-state index in [1.54, 1.807) is 13.2 Å². The number of anilines is 1.